The second-order valence-corrected chi connectivity index (χ2v) is 4.41. The number of rotatable bonds is 3. The van der Waals surface area contributed by atoms with E-state index in [0.717, 1.165) is 0 Å². The summed E-state index contributed by atoms with van der Waals surface area (Å²) in [5.74, 6) is 0.0137. The molecule has 0 aliphatic carbocycles. The maximum absolute atomic E-state index is 11.9. The molecule has 17 heavy (non-hydrogen) atoms. The molecule has 2 rings (SSSR count). The quantitative estimate of drug-likeness (QED) is 0.475. The van der Waals surface area contributed by atoms with Gasteiger partial charge in [-0.1, -0.05) is 41.9 Å². The lowest BCUT2D eigenvalue weighted by molar-refractivity contribution is -0.680. The van der Waals surface area contributed by atoms with Gasteiger partial charge in [-0.3, -0.25) is 4.79 Å². The fourth-order valence-corrected chi connectivity index (χ4v) is 1.92. The monoisotopic (exact) mass is 266 g/mol. The third-order valence-electron chi connectivity index (χ3n) is 2.35. The maximum Gasteiger partial charge on any atom is 0.276 e. The number of carbonyl (C=O) groups excluding carboxylic acids is 1. The van der Waals surface area contributed by atoms with Gasteiger partial charge in [-0.2, -0.15) is 4.57 Å². The molecule has 1 aromatic carbocycles. The summed E-state index contributed by atoms with van der Waals surface area (Å²) in [5.41, 5.74) is 0.672. The van der Waals surface area contributed by atoms with E-state index in [1.807, 2.05) is 18.2 Å². The number of nitrogens with zero attached hydrogens (tertiary/aromatic N) is 1. The van der Waals surface area contributed by atoms with E-state index in [2.05, 4.69) is 0 Å². The summed E-state index contributed by atoms with van der Waals surface area (Å²) in [4.78, 5) is 11.9. The first kappa shape index (κ1) is 12.1. The third-order valence-corrected chi connectivity index (χ3v) is 2.92. The van der Waals surface area contributed by atoms with Crippen LogP contribution in [-0.2, 0) is 6.54 Å². The van der Waals surface area contributed by atoms with Crippen molar-refractivity contribution >= 4 is 29.0 Å². The van der Waals surface area contributed by atoms with Crippen molar-refractivity contribution in [2.24, 2.45) is 0 Å². The van der Waals surface area contributed by atoms with Crippen molar-refractivity contribution in [1.29, 1.82) is 0 Å². The van der Waals surface area contributed by atoms with Gasteiger partial charge in [0.05, 0.1) is 5.02 Å². The Morgan fingerprint density at radius 2 is 1.82 bits per heavy atom. The second-order valence-electron chi connectivity index (χ2n) is 3.58. The number of benzene rings is 1. The molecule has 2 nitrogen and oxygen atoms in total. The lowest BCUT2D eigenvalue weighted by atomic mass is 10.1. The zero-order chi connectivity index (χ0) is 12.3. The topological polar surface area (TPSA) is 20.9 Å². The molecule has 1 aromatic heterocycles. The van der Waals surface area contributed by atoms with Crippen molar-refractivity contribution < 1.29 is 9.36 Å². The summed E-state index contributed by atoms with van der Waals surface area (Å²) < 4.78 is 1.66. The van der Waals surface area contributed by atoms with Crippen molar-refractivity contribution in [3.8, 4) is 0 Å². The lowest BCUT2D eigenvalue weighted by Gasteiger charge is -1.99. The van der Waals surface area contributed by atoms with E-state index in [4.69, 9.17) is 23.2 Å². The van der Waals surface area contributed by atoms with Crippen LogP contribution < -0.4 is 4.57 Å². The van der Waals surface area contributed by atoms with Crippen molar-refractivity contribution in [1.82, 2.24) is 0 Å². The van der Waals surface area contributed by atoms with Crippen molar-refractivity contribution in [2.45, 2.75) is 6.54 Å². The van der Waals surface area contributed by atoms with E-state index >= 15 is 0 Å². The Hall–Kier alpha value is -1.38. The highest BCUT2D eigenvalue weighted by atomic mass is 35.5. The number of aromatic nitrogens is 1. The van der Waals surface area contributed by atoms with E-state index in [1.165, 1.54) is 0 Å². The summed E-state index contributed by atoms with van der Waals surface area (Å²) >= 11 is 11.8. The zero-order valence-electron chi connectivity index (χ0n) is 8.94. The van der Waals surface area contributed by atoms with Gasteiger partial charge < -0.3 is 0 Å². The lowest BCUT2D eigenvalue weighted by Crippen LogP contribution is -2.38. The minimum absolute atomic E-state index is 0.0137. The van der Waals surface area contributed by atoms with Crippen molar-refractivity contribution in [3.05, 3.63) is 64.4 Å². The van der Waals surface area contributed by atoms with E-state index in [0.29, 0.717) is 15.7 Å². The smallest absolute Gasteiger partial charge is 0.276 e. The molecule has 0 aliphatic heterocycles. The number of hydrogen-bond donors (Lipinski definition) is 0. The van der Waals surface area contributed by atoms with Gasteiger partial charge in [0.25, 0.3) is 5.15 Å². The Bertz CT molecular complexity index is 540. The molecule has 0 fully saturated rings. The van der Waals surface area contributed by atoms with Gasteiger partial charge in [0.1, 0.15) is 0 Å². The molecule has 0 saturated carbocycles. The third kappa shape index (κ3) is 3.05. The Balaban J connectivity index is 2.19. The molecule has 0 spiro atoms. The molecular weight excluding hydrogens is 257 g/mol. The molecule has 86 valence electrons. The number of halogens is 2. The van der Waals surface area contributed by atoms with Crippen LogP contribution >= 0.6 is 23.2 Å². The normalized spacial score (nSPS) is 10.2. The first-order valence-electron chi connectivity index (χ1n) is 5.09. The first-order chi connectivity index (χ1) is 8.16. The SMILES string of the molecule is O=C(C[n+]1ccc(Cl)cc1Cl)c1ccccc1. The number of pyridine rings is 1. The van der Waals surface area contributed by atoms with E-state index < -0.39 is 0 Å². The summed E-state index contributed by atoms with van der Waals surface area (Å²) in [5, 5.41) is 1.00. The number of hydrogen-bond acceptors (Lipinski definition) is 1. The second kappa shape index (κ2) is 5.30. The van der Waals surface area contributed by atoms with Crippen molar-refractivity contribution in [3.63, 3.8) is 0 Å². The molecule has 0 unspecified atom stereocenters. The van der Waals surface area contributed by atoms with Crippen LogP contribution in [-0.4, -0.2) is 5.78 Å². The fourth-order valence-electron chi connectivity index (χ4n) is 1.48. The molecule has 0 N–H and O–H groups in total. The molecule has 4 heteroatoms. The van der Waals surface area contributed by atoms with E-state index in [-0.39, 0.29) is 12.3 Å². The highest BCUT2D eigenvalue weighted by molar-refractivity contribution is 6.33. The van der Waals surface area contributed by atoms with Gasteiger partial charge >= 0.3 is 0 Å². The average molecular weight is 267 g/mol. The Labute approximate surface area is 109 Å². The van der Waals surface area contributed by atoms with Crippen LogP contribution in [0.2, 0.25) is 10.2 Å². The predicted octanol–water partition coefficient (Wildman–Crippen LogP) is 3.16. The first-order valence-corrected chi connectivity index (χ1v) is 5.85. The summed E-state index contributed by atoms with van der Waals surface area (Å²) in [7, 11) is 0. The van der Waals surface area contributed by atoms with Crippen LogP contribution in [0, 0.1) is 0 Å². The summed E-state index contributed by atoms with van der Waals surface area (Å²) in [6.07, 6.45) is 1.70. The summed E-state index contributed by atoms with van der Waals surface area (Å²) in [6, 6.07) is 12.4. The minimum atomic E-state index is 0.0137. The molecule has 0 atom stereocenters. The van der Waals surface area contributed by atoms with Gasteiger partial charge in [0.2, 0.25) is 12.3 Å². The predicted molar refractivity (Wildman–Crippen MR) is 67.4 cm³/mol. The van der Waals surface area contributed by atoms with Crippen LogP contribution in [0.15, 0.2) is 48.7 Å². The Kier molecular flexibility index (Phi) is 3.77. The molecule has 0 radical (unpaired) electrons. The van der Waals surface area contributed by atoms with Gasteiger partial charge in [-0.25, -0.2) is 0 Å². The Morgan fingerprint density at radius 3 is 2.47 bits per heavy atom. The minimum Gasteiger partial charge on any atom is -0.287 e. The van der Waals surface area contributed by atoms with Crippen LogP contribution in [0.25, 0.3) is 0 Å². The fraction of sp³-hybridized carbons (Fsp3) is 0.0769. The molecule has 0 amide bonds. The molecule has 1 heterocycles. The highest BCUT2D eigenvalue weighted by Gasteiger charge is 2.15. The number of Topliss-reactive ketones (excluding diaryl/α,β-unsaturated/α-hetero) is 1. The highest BCUT2D eigenvalue weighted by Crippen LogP contribution is 2.11. The zero-order valence-corrected chi connectivity index (χ0v) is 10.4. The van der Waals surface area contributed by atoms with Gasteiger partial charge in [-0.05, 0) is 11.6 Å². The van der Waals surface area contributed by atoms with Gasteiger partial charge in [0.15, 0.2) is 6.20 Å². The Morgan fingerprint density at radius 1 is 1.12 bits per heavy atom. The van der Waals surface area contributed by atoms with E-state index in [9.17, 15) is 4.79 Å². The van der Waals surface area contributed by atoms with Crippen LogP contribution in [0.3, 0.4) is 0 Å². The van der Waals surface area contributed by atoms with E-state index in [1.54, 1.807) is 35.0 Å². The molecule has 2 aromatic rings. The van der Waals surface area contributed by atoms with Crippen LogP contribution in [0.5, 0.6) is 0 Å². The largest absolute Gasteiger partial charge is 0.287 e. The number of carbonyl (C=O) groups is 1. The molecule has 0 bridgehead atoms. The van der Waals surface area contributed by atoms with Gasteiger partial charge in [-0.15, -0.1) is 0 Å². The van der Waals surface area contributed by atoms with Crippen LogP contribution in [0.1, 0.15) is 10.4 Å². The average Bonchev–Trinajstić information content (AvgIpc) is 2.34. The molecule has 0 saturated heterocycles. The number of ketones is 1. The van der Waals surface area contributed by atoms with Crippen LogP contribution in [0.4, 0.5) is 0 Å². The van der Waals surface area contributed by atoms with Gasteiger partial charge in [0, 0.05) is 17.7 Å². The maximum atomic E-state index is 11.9. The summed E-state index contributed by atoms with van der Waals surface area (Å²) in [6.45, 7) is 0.208. The molecular formula is C13H10Cl2NO+. The molecule has 0 aliphatic rings. The standard InChI is InChI=1S/C13H10Cl2NO/c14-11-6-7-16(13(15)8-11)9-12(17)10-4-2-1-3-5-10/h1-8H,9H2/q+1. The van der Waals surface area contributed by atoms with Crippen molar-refractivity contribution in [2.75, 3.05) is 0 Å².